The SMILES string of the molecule is CCCCCCCCc1csc(-c2sc(-c3sccc3CCCCCCCC)cc2CCCCCCCC)c1. The first-order valence-electron chi connectivity index (χ1n) is 16.5. The van der Waals surface area contributed by atoms with E-state index >= 15 is 0 Å². The molecule has 0 atom stereocenters. The molecule has 0 N–H and O–H groups in total. The Morgan fingerprint density at radius 2 is 1.03 bits per heavy atom. The van der Waals surface area contributed by atoms with Gasteiger partial charge in [-0.25, -0.2) is 0 Å². The third-order valence-electron chi connectivity index (χ3n) is 8.08. The molecular formula is C36H56S3. The molecule has 39 heavy (non-hydrogen) atoms. The molecule has 0 bridgehead atoms. The van der Waals surface area contributed by atoms with Crippen molar-refractivity contribution >= 4 is 34.0 Å². The minimum absolute atomic E-state index is 1.24. The van der Waals surface area contributed by atoms with Gasteiger partial charge >= 0.3 is 0 Å². The van der Waals surface area contributed by atoms with Crippen LogP contribution in [0.5, 0.6) is 0 Å². The Morgan fingerprint density at radius 3 is 1.64 bits per heavy atom. The smallest absolute Gasteiger partial charge is 0.0481 e. The topological polar surface area (TPSA) is 0 Å². The lowest BCUT2D eigenvalue weighted by atomic mass is 10.0. The van der Waals surface area contributed by atoms with E-state index < -0.39 is 0 Å². The van der Waals surface area contributed by atoms with Gasteiger partial charge in [-0.15, -0.1) is 34.0 Å². The molecule has 3 heterocycles. The molecule has 0 amide bonds. The molecule has 3 aromatic rings. The van der Waals surface area contributed by atoms with E-state index in [1.807, 2.05) is 22.7 Å². The predicted molar refractivity (Wildman–Crippen MR) is 182 cm³/mol. The lowest BCUT2D eigenvalue weighted by Gasteiger charge is -2.03. The fraction of sp³-hybridized carbons (Fsp3) is 0.667. The molecule has 3 aromatic heterocycles. The van der Waals surface area contributed by atoms with Crippen LogP contribution >= 0.6 is 34.0 Å². The second-order valence-corrected chi connectivity index (χ2v) is 14.5. The summed E-state index contributed by atoms with van der Waals surface area (Å²) in [6.45, 7) is 6.92. The van der Waals surface area contributed by atoms with Crippen LogP contribution in [0.2, 0.25) is 0 Å². The van der Waals surface area contributed by atoms with Crippen LogP contribution in [0.4, 0.5) is 0 Å². The molecule has 3 rings (SSSR count). The van der Waals surface area contributed by atoms with Crippen molar-refractivity contribution in [3.63, 3.8) is 0 Å². The van der Waals surface area contributed by atoms with E-state index in [0.29, 0.717) is 0 Å². The summed E-state index contributed by atoms with van der Waals surface area (Å²) in [6.07, 6.45) is 28.5. The van der Waals surface area contributed by atoms with Gasteiger partial charge in [0.2, 0.25) is 0 Å². The van der Waals surface area contributed by atoms with Gasteiger partial charge in [-0.3, -0.25) is 0 Å². The molecule has 0 fully saturated rings. The summed E-state index contributed by atoms with van der Waals surface area (Å²) in [7, 11) is 0. The van der Waals surface area contributed by atoms with Crippen LogP contribution in [0, 0.1) is 0 Å². The summed E-state index contributed by atoms with van der Waals surface area (Å²) < 4.78 is 0. The molecular weight excluding hydrogens is 529 g/mol. The van der Waals surface area contributed by atoms with Crippen molar-refractivity contribution in [1.82, 2.24) is 0 Å². The number of hydrogen-bond donors (Lipinski definition) is 0. The van der Waals surface area contributed by atoms with E-state index in [-0.39, 0.29) is 0 Å². The van der Waals surface area contributed by atoms with E-state index in [9.17, 15) is 0 Å². The summed E-state index contributed by atoms with van der Waals surface area (Å²) in [5.41, 5.74) is 4.76. The van der Waals surface area contributed by atoms with Crippen molar-refractivity contribution in [3.05, 3.63) is 45.6 Å². The molecule has 0 nitrogen and oxygen atoms in total. The Bertz CT molecular complexity index is 1000. The molecule has 0 unspecified atom stereocenters. The number of thiophene rings is 3. The molecule has 0 radical (unpaired) electrons. The minimum Gasteiger partial charge on any atom is -0.143 e. The van der Waals surface area contributed by atoms with Crippen LogP contribution in [0.25, 0.3) is 19.5 Å². The van der Waals surface area contributed by atoms with E-state index in [1.54, 1.807) is 26.4 Å². The molecule has 3 heteroatoms. The highest BCUT2D eigenvalue weighted by molar-refractivity contribution is 7.26. The first-order valence-corrected chi connectivity index (χ1v) is 19.1. The fourth-order valence-corrected chi connectivity index (χ4v) is 9.03. The van der Waals surface area contributed by atoms with E-state index in [1.165, 1.54) is 145 Å². The maximum absolute atomic E-state index is 2.58. The van der Waals surface area contributed by atoms with E-state index in [2.05, 4.69) is 61.1 Å². The average Bonchev–Trinajstić information content (AvgIpc) is 3.70. The fourth-order valence-electron chi connectivity index (χ4n) is 5.61. The highest BCUT2D eigenvalue weighted by Gasteiger charge is 2.17. The van der Waals surface area contributed by atoms with Gasteiger partial charge in [0, 0.05) is 19.5 Å². The normalized spacial score (nSPS) is 11.6. The number of rotatable bonds is 23. The van der Waals surface area contributed by atoms with Crippen LogP contribution in [0.15, 0.2) is 29.0 Å². The molecule has 0 saturated carbocycles. The molecule has 0 aliphatic rings. The summed E-state index contributed by atoms with van der Waals surface area (Å²) in [6, 6.07) is 7.51. The van der Waals surface area contributed by atoms with Gasteiger partial charge in [-0.05, 0) is 84.2 Å². The van der Waals surface area contributed by atoms with Crippen LogP contribution < -0.4 is 0 Å². The predicted octanol–water partition coefficient (Wildman–Crippen LogP) is 13.9. The van der Waals surface area contributed by atoms with Gasteiger partial charge in [0.1, 0.15) is 0 Å². The van der Waals surface area contributed by atoms with Gasteiger partial charge in [0.05, 0.1) is 0 Å². The van der Waals surface area contributed by atoms with Crippen LogP contribution in [-0.4, -0.2) is 0 Å². The first kappa shape index (κ1) is 32.6. The maximum atomic E-state index is 2.58. The minimum atomic E-state index is 1.24. The Kier molecular flexibility index (Phi) is 16.8. The van der Waals surface area contributed by atoms with Gasteiger partial charge < -0.3 is 0 Å². The zero-order chi connectivity index (χ0) is 27.5. The molecule has 0 saturated heterocycles. The maximum Gasteiger partial charge on any atom is 0.0481 e. The highest BCUT2D eigenvalue weighted by atomic mass is 32.1. The highest BCUT2D eigenvalue weighted by Crippen LogP contribution is 2.44. The Balaban J connectivity index is 1.66. The lowest BCUT2D eigenvalue weighted by Crippen LogP contribution is -1.87. The molecule has 218 valence electrons. The van der Waals surface area contributed by atoms with Crippen molar-refractivity contribution in [2.75, 3.05) is 0 Å². The Labute approximate surface area is 253 Å². The number of aryl methyl sites for hydroxylation is 3. The van der Waals surface area contributed by atoms with Crippen LogP contribution in [-0.2, 0) is 19.3 Å². The quantitative estimate of drug-likeness (QED) is 0.0972. The molecule has 0 spiro atoms. The van der Waals surface area contributed by atoms with Crippen LogP contribution in [0.1, 0.15) is 153 Å². The Morgan fingerprint density at radius 1 is 0.487 bits per heavy atom. The van der Waals surface area contributed by atoms with Gasteiger partial charge in [-0.2, -0.15) is 0 Å². The zero-order valence-electron chi connectivity index (χ0n) is 25.5. The Hall–Kier alpha value is -0.900. The molecule has 0 aliphatic heterocycles. The van der Waals surface area contributed by atoms with Crippen LogP contribution in [0.3, 0.4) is 0 Å². The number of unbranched alkanes of at least 4 members (excludes halogenated alkanes) is 15. The number of hydrogen-bond acceptors (Lipinski definition) is 3. The third kappa shape index (κ3) is 11.9. The second-order valence-electron chi connectivity index (χ2n) is 11.6. The average molecular weight is 585 g/mol. The zero-order valence-corrected chi connectivity index (χ0v) is 27.9. The van der Waals surface area contributed by atoms with Crippen molar-refractivity contribution < 1.29 is 0 Å². The largest absolute Gasteiger partial charge is 0.143 e. The summed E-state index contributed by atoms with van der Waals surface area (Å²) in [5.74, 6) is 0. The molecule has 0 aromatic carbocycles. The first-order chi connectivity index (χ1) is 19.3. The molecule has 0 aliphatic carbocycles. The summed E-state index contributed by atoms with van der Waals surface area (Å²) >= 11 is 6.04. The summed E-state index contributed by atoms with van der Waals surface area (Å²) in [5, 5.41) is 4.78. The lowest BCUT2D eigenvalue weighted by molar-refractivity contribution is 0.607. The van der Waals surface area contributed by atoms with Gasteiger partial charge in [0.25, 0.3) is 0 Å². The van der Waals surface area contributed by atoms with E-state index in [4.69, 9.17) is 0 Å². The van der Waals surface area contributed by atoms with Crippen molar-refractivity contribution in [1.29, 1.82) is 0 Å². The van der Waals surface area contributed by atoms with Gasteiger partial charge in [0.15, 0.2) is 0 Å². The third-order valence-corrected chi connectivity index (χ3v) is 11.5. The van der Waals surface area contributed by atoms with Crippen molar-refractivity contribution in [2.24, 2.45) is 0 Å². The standard InChI is InChI=1S/C36H56S3/c1-4-7-10-13-16-19-22-30-27-33(38-29-30)36-32(24-21-18-15-12-9-6-3)28-34(39-36)35-31(25-26-37-35)23-20-17-14-11-8-5-2/h25-29H,4-24H2,1-3H3. The van der Waals surface area contributed by atoms with E-state index in [0.717, 1.165) is 0 Å². The monoisotopic (exact) mass is 584 g/mol. The van der Waals surface area contributed by atoms with Crippen molar-refractivity contribution in [3.8, 4) is 19.5 Å². The summed E-state index contributed by atoms with van der Waals surface area (Å²) in [4.78, 5) is 6.15. The van der Waals surface area contributed by atoms with Gasteiger partial charge in [-0.1, -0.05) is 117 Å². The second kappa shape index (κ2) is 20.1. The van der Waals surface area contributed by atoms with Crippen molar-refractivity contribution in [2.45, 2.75) is 156 Å².